The molecule has 0 aliphatic carbocycles. The van der Waals surface area contributed by atoms with Gasteiger partial charge in [-0.15, -0.1) is 5.10 Å². The number of anilines is 1. The summed E-state index contributed by atoms with van der Waals surface area (Å²) in [6.07, 6.45) is 0. The zero-order valence-electron chi connectivity index (χ0n) is 10.8. The fourth-order valence-corrected chi connectivity index (χ4v) is 1.80. The molecule has 1 amide bonds. The number of carbonyl (C=O) groups excluding carboxylic acids is 1. The van der Waals surface area contributed by atoms with Gasteiger partial charge in [-0.3, -0.25) is 20.2 Å². The minimum atomic E-state index is -0.733. The largest absolute Gasteiger partial charge is 0.463 e. The highest BCUT2D eigenvalue weighted by Gasteiger charge is 2.24. The molecular formula is C11H10ClN5O4. The summed E-state index contributed by atoms with van der Waals surface area (Å²) in [4.78, 5) is 26.1. The Hall–Kier alpha value is -2.68. The van der Waals surface area contributed by atoms with Gasteiger partial charge in [0.25, 0.3) is 5.91 Å². The van der Waals surface area contributed by atoms with E-state index in [0.717, 1.165) is 0 Å². The summed E-state index contributed by atoms with van der Waals surface area (Å²) in [5.41, 5.74) is -0.650. The minimum Gasteiger partial charge on any atom is -0.463 e. The summed E-state index contributed by atoms with van der Waals surface area (Å²) < 4.78 is 5.02. The van der Waals surface area contributed by atoms with Crippen molar-refractivity contribution in [3.63, 3.8) is 0 Å². The van der Waals surface area contributed by atoms with Crippen molar-refractivity contribution in [3.8, 4) is 6.01 Å². The second-order valence-corrected chi connectivity index (χ2v) is 4.15. The number of hydrogen-bond acceptors (Lipinski definition) is 6. The molecule has 0 atom stereocenters. The van der Waals surface area contributed by atoms with Crippen molar-refractivity contribution < 1.29 is 14.5 Å². The summed E-state index contributed by atoms with van der Waals surface area (Å²) in [7, 11) is 0. The molecule has 9 nitrogen and oxygen atoms in total. The van der Waals surface area contributed by atoms with E-state index in [4.69, 9.17) is 16.3 Å². The summed E-state index contributed by atoms with van der Waals surface area (Å²) >= 11 is 5.74. The number of ether oxygens (including phenoxy) is 1. The van der Waals surface area contributed by atoms with E-state index in [1.54, 1.807) is 6.92 Å². The van der Waals surface area contributed by atoms with Crippen LogP contribution in [0.3, 0.4) is 0 Å². The van der Waals surface area contributed by atoms with Crippen LogP contribution >= 0.6 is 11.6 Å². The summed E-state index contributed by atoms with van der Waals surface area (Å²) in [6.45, 7) is 2.12. The maximum atomic E-state index is 12.1. The number of nitrogens with zero attached hydrogens (tertiary/aromatic N) is 3. The summed E-state index contributed by atoms with van der Waals surface area (Å²) in [5.74, 6) is -0.721. The quantitative estimate of drug-likeness (QED) is 0.643. The van der Waals surface area contributed by atoms with E-state index in [1.807, 2.05) is 0 Å². The maximum absolute atomic E-state index is 12.1. The van der Waals surface area contributed by atoms with E-state index in [0.29, 0.717) is 6.61 Å². The lowest BCUT2D eigenvalue weighted by Crippen LogP contribution is -2.15. The van der Waals surface area contributed by atoms with Crippen molar-refractivity contribution in [3.05, 3.63) is 38.9 Å². The number of nitro benzene ring substituents is 1. The Kier molecular flexibility index (Phi) is 4.33. The molecular weight excluding hydrogens is 302 g/mol. The van der Waals surface area contributed by atoms with Crippen LogP contribution in [0.1, 0.15) is 17.3 Å². The highest BCUT2D eigenvalue weighted by molar-refractivity contribution is 6.33. The number of aromatic nitrogens is 3. The zero-order chi connectivity index (χ0) is 15.4. The van der Waals surface area contributed by atoms with Crippen LogP contribution in [0.15, 0.2) is 18.2 Å². The van der Waals surface area contributed by atoms with E-state index in [9.17, 15) is 14.9 Å². The van der Waals surface area contributed by atoms with Gasteiger partial charge in [-0.1, -0.05) is 17.7 Å². The standard InChI is InChI=1S/C11H10ClN5O4/c1-2-21-11-14-10(15-16-11)13-9(18)6-4-3-5-7(12)8(6)17(19)20/h3-5H,2H2,1H3,(H2,13,14,15,16,18). The average molecular weight is 312 g/mol. The highest BCUT2D eigenvalue weighted by Crippen LogP contribution is 2.28. The second kappa shape index (κ2) is 6.18. The number of nitrogens with one attached hydrogen (secondary N) is 2. The van der Waals surface area contributed by atoms with Gasteiger partial charge < -0.3 is 4.74 Å². The number of rotatable bonds is 5. The van der Waals surface area contributed by atoms with Crippen LogP contribution in [-0.4, -0.2) is 32.6 Å². The molecule has 10 heteroatoms. The van der Waals surface area contributed by atoms with E-state index < -0.39 is 16.5 Å². The van der Waals surface area contributed by atoms with Gasteiger partial charge in [-0.2, -0.15) is 4.98 Å². The molecule has 0 saturated heterocycles. The topological polar surface area (TPSA) is 123 Å². The molecule has 0 aliphatic rings. The molecule has 2 rings (SSSR count). The number of amides is 1. The van der Waals surface area contributed by atoms with Crippen molar-refractivity contribution in [1.82, 2.24) is 15.2 Å². The first-order chi connectivity index (χ1) is 10.0. The number of benzene rings is 1. The van der Waals surface area contributed by atoms with E-state index in [1.165, 1.54) is 18.2 Å². The number of halogens is 1. The fraction of sp³-hybridized carbons (Fsp3) is 0.182. The lowest BCUT2D eigenvalue weighted by atomic mass is 10.1. The molecule has 0 aliphatic heterocycles. The fourth-order valence-electron chi connectivity index (χ4n) is 1.55. The van der Waals surface area contributed by atoms with Crippen LogP contribution in [0.5, 0.6) is 6.01 Å². The van der Waals surface area contributed by atoms with Crippen LogP contribution < -0.4 is 10.1 Å². The SMILES string of the molecule is CCOc1n[nH]c(NC(=O)c2cccc(Cl)c2[N+](=O)[O-])n1. The van der Waals surface area contributed by atoms with Crippen molar-refractivity contribution in [2.24, 2.45) is 0 Å². The number of aromatic amines is 1. The molecule has 0 unspecified atom stereocenters. The van der Waals surface area contributed by atoms with Crippen LogP contribution in [0.25, 0.3) is 0 Å². The first-order valence-electron chi connectivity index (χ1n) is 5.82. The number of H-pyrrole nitrogens is 1. The maximum Gasteiger partial charge on any atom is 0.337 e. The van der Waals surface area contributed by atoms with Crippen molar-refractivity contribution in [2.75, 3.05) is 11.9 Å². The molecule has 0 radical (unpaired) electrons. The van der Waals surface area contributed by atoms with E-state index in [-0.39, 0.29) is 22.5 Å². The Bertz CT molecular complexity index is 687. The smallest absolute Gasteiger partial charge is 0.337 e. The Labute approximate surface area is 123 Å². The summed E-state index contributed by atoms with van der Waals surface area (Å²) in [6, 6.07) is 4.13. The third-order valence-corrected chi connectivity index (χ3v) is 2.69. The first kappa shape index (κ1) is 14.7. The Morgan fingerprint density at radius 3 is 3.00 bits per heavy atom. The van der Waals surface area contributed by atoms with Crippen molar-refractivity contribution in [1.29, 1.82) is 0 Å². The van der Waals surface area contributed by atoms with Gasteiger partial charge in [-0.25, -0.2) is 5.10 Å². The van der Waals surface area contributed by atoms with Gasteiger partial charge in [-0.05, 0) is 19.1 Å². The van der Waals surface area contributed by atoms with Crippen molar-refractivity contribution >= 4 is 29.1 Å². The van der Waals surface area contributed by atoms with E-state index >= 15 is 0 Å². The summed E-state index contributed by atoms with van der Waals surface area (Å²) in [5, 5.41) is 19.3. The molecule has 0 bridgehead atoms. The first-order valence-corrected chi connectivity index (χ1v) is 6.20. The normalized spacial score (nSPS) is 10.2. The molecule has 21 heavy (non-hydrogen) atoms. The number of carbonyl (C=O) groups is 1. The predicted molar refractivity (Wildman–Crippen MR) is 73.6 cm³/mol. The van der Waals surface area contributed by atoms with Crippen LogP contribution in [0.2, 0.25) is 5.02 Å². The van der Waals surface area contributed by atoms with Gasteiger partial charge in [0, 0.05) is 0 Å². The Balaban J connectivity index is 2.24. The lowest BCUT2D eigenvalue weighted by molar-refractivity contribution is -0.385. The molecule has 0 saturated carbocycles. The van der Waals surface area contributed by atoms with Crippen molar-refractivity contribution in [2.45, 2.75) is 6.92 Å². The Morgan fingerprint density at radius 1 is 1.57 bits per heavy atom. The molecule has 110 valence electrons. The van der Waals surface area contributed by atoms with Gasteiger partial charge in [0.1, 0.15) is 10.6 Å². The molecule has 2 aromatic rings. The third kappa shape index (κ3) is 3.26. The van der Waals surface area contributed by atoms with Gasteiger partial charge in [0.2, 0.25) is 5.95 Å². The number of hydrogen-bond donors (Lipinski definition) is 2. The monoisotopic (exact) mass is 311 g/mol. The zero-order valence-corrected chi connectivity index (χ0v) is 11.5. The van der Waals surface area contributed by atoms with Gasteiger partial charge >= 0.3 is 11.7 Å². The van der Waals surface area contributed by atoms with Gasteiger partial charge in [0.05, 0.1) is 11.5 Å². The number of para-hydroxylation sites is 1. The van der Waals surface area contributed by atoms with Crippen LogP contribution in [0.4, 0.5) is 11.6 Å². The van der Waals surface area contributed by atoms with Crippen LogP contribution in [-0.2, 0) is 0 Å². The van der Waals surface area contributed by atoms with E-state index in [2.05, 4.69) is 20.5 Å². The lowest BCUT2D eigenvalue weighted by Gasteiger charge is -2.03. The molecule has 0 fully saturated rings. The molecule has 1 heterocycles. The molecule has 1 aromatic heterocycles. The molecule has 0 spiro atoms. The second-order valence-electron chi connectivity index (χ2n) is 3.75. The average Bonchev–Trinajstić information content (AvgIpc) is 2.85. The van der Waals surface area contributed by atoms with Gasteiger partial charge in [0.15, 0.2) is 0 Å². The predicted octanol–water partition coefficient (Wildman–Crippen LogP) is 2.02. The van der Waals surface area contributed by atoms with Crippen LogP contribution in [0, 0.1) is 10.1 Å². The molecule has 2 N–H and O–H groups in total. The Morgan fingerprint density at radius 2 is 2.33 bits per heavy atom. The minimum absolute atomic E-state index is 0.0118. The number of nitro groups is 1. The third-order valence-electron chi connectivity index (χ3n) is 2.38. The molecule has 1 aromatic carbocycles. The highest BCUT2D eigenvalue weighted by atomic mass is 35.5.